The second-order valence-corrected chi connectivity index (χ2v) is 5.60. The van der Waals surface area contributed by atoms with Gasteiger partial charge in [0.2, 0.25) is 5.88 Å². The first-order valence-corrected chi connectivity index (χ1v) is 7.54. The lowest BCUT2D eigenvalue weighted by molar-refractivity contribution is 0.424. The van der Waals surface area contributed by atoms with Crippen LogP contribution in [0.2, 0.25) is 0 Å². The van der Waals surface area contributed by atoms with Crippen LogP contribution in [0.3, 0.4) is 0 Å². The van der Waals surface area contributed by atoms with Crippen LogP contribution in [0.15, 0.2) is 24.3 Å². The Morgan fingerprint density at radius 3 is 2.48 bits per heavy atom. The molecule has 0 fully saturated rings. The zero-order chi connectivity index (χ0) is 15.4. The molecule has 4 nitrogen and oxygen atoms in total. The van der Waals surface area contributed by atoms with Crippen LogP contribution in [0.1, 0.15) is 43.5 Å². The molecule has 0 saturated carbocycles. The fourth-order valence-electron chi connectivity index (χ4n) is 2.29. The number of rotatable bonds is 6. The van der Waals surface area contributed by atoms with E-state index in [1.807, 2.05) is 26.1 Å². The van der Waals surface area contributed by atoms with Gasteiger partial charge in [0, 0.05) is 13.6 Å². The van der Waals surface area contributed by atoms with E-state index in [2.05, 4.69) is 43.3 Å². The van der Waals surface area contributed by atoms with E-state index in [-0.39, 0.29) is 0 Å². The molecule has 1 heterocycles. The van der Waals surface area contributed by atoms with Crippen molar-refractivity contribution in [1.82, 2.24) is 15.1 Å². The fraction of sp³-hybridized carbons (Fsp3) is 0.471. The first kappa shape index (κ1) is 15.6. The fourth-order valence-corrected chi connectivity index (χ4v) is 2.29. The minimum Gasteiger partial charge on any atom is -0.439 e. The molecule has 1 N–H and O–H groups in total. The molecule has 0 atom stereocenters. The van der Waals surface area contributed by atoms with Gasteiger partial charge in [-0.1, -0.05) is 32.9 Å². The Labute approximate surface area is 127 Å². The van der Waals surface area contributed by atoms with Crippen LogP contribution in [0.25, 0.3) is 0 Å². The van der Waals surface area contributed by atoms with Crippen molar-refractivity contribution in [3.63, 3.8) is 0 Å². The zero-order valence-corrected chi connectivity index (χ0v) is 13.6. The van der Waals surface area contributed by atoms with E-state index in [0.29, 0.717) is 5.92 Å². The normalized spacial score (nSPS) is 11.1. The van der Waals surface area contributed by atoms with Crippen molar-refractivity contribution in [1.29, 1.82) is 0 Å². The van der Waals surface area contributed by atoms with Crippen molar-refractivity contribution in [2.24, 2.45) is 7.05 Å². The van der Waals surface area contributed by atoms with Crippen molar-refractivity contribution < 1.29 is 4.74 Å². The molecule has 0 aliphatic rings. The third-order valence-corrected chi connectivity index (χ3v) is 3.60. The molecule has 0 aliphatic carbocycles. The van der Waals surface area contributed by atoms with Crippen molar-refractivity contribution in [2.45, 2.75) is 40.2 Å². The molecular formula is C17H25N3O. The lowest BCUT2D eigenvalue weighted by atomic mass is 10.0. The number of hydrogen-bond donors (Lipinski definition) is 1. The number of hydrogen-bond acceptors (Lipinski definition) is 3. The molecule has 1 aromatic heterocycles. The standard InChI is InChI=1S/C17H25N3O/c1-6-18-11-16-13(4)19-20(5)17(16)21-15-9-7-14(8-10-15)12(2)3/h7-10,12,18H,6,11H2,1-5H3. The molecule has 0 unspecified atom stereocenters. The molecule has 21 heavy (non-hydrogen) atoms. The summed E-state index contributed by atoms with van der Waals surface area (Å²) in [5.41, 5.74) is 3.44. The van der Waals surface area contributed by atoms with Crippen molar-refractivity contribution >= 4 is 0 Å². The van der Waals surface area contributed by atoms with Gasteiger partial charge < -0.3 is 10.1 Å². The highest BCUT2D eigenvalue weighted by Gasteiger charge is 2.15. The second-order valence-electron chi connectivity index (χ2n) is 5.60. The number of aryl methyl sites for hydroxylation is 2. The van der Waals surface area contributed by atoms with Crippen LogP contribution in [-0.4, -0.2) is 16.3 Å². The molecule has 1 aromatic carbocycles. The Hall–Kier alpha value is -1.81. The first-order chi connectivity index (χ1) is 10.0. The van der Waals surface area contributed by atoms with Gasteiger partial charge in [-0.05, 0) is 37.1 Å². The maximum atomic E-state index is 6.05. The first-order valence-electron chi connectivity index (χ1n) is 7.54. The molecule has 0 amide bonds. The minimum absolute atomic E-state index is 0.530. The van der Waals surface area contributed by atoms with Crippen LogP contribution in [0, 0.1) is 6.92 Å². The average molecular weight is 287 g/mol. The summed E-state index contributed by atoms with van der Waals surface area (Å²) in [6.45, 7) is 10.2. The number of aromatic nitrogens is 2. The molecule has 0 aliphatic heterocycles. The highest BCUT2D eigenvalue weighted by Crippen LogP contribution is 2.28. The Morgan fingerprint density at radius 1 is 1.24 bits per heavy atom. The van der Waals surface area contributed by atoms with E-state index >= 15 is 0 Å². The quantitative estimate of drug-likeness (QED) is 0.879. The van der Waals surface area contributed by atoms with Gasteiger partial charge in [-0.25, -0.2) is 4.68 Å². The molecule has 114 valence electrons. The predicted octanol–water partition coefficient (Wildman–Crippen LogP) is 3.75. The highest BCUT2D eigenvalue weighted by atomic mass is 16.5. The largest absolute Gasteiger partial charge is 0.439 e. The van der Waals surface area contributed by atoms with Gasteiger partial charge >= 0.3 is 0 Å². The van der Waals surface area contributed by atoms with Crippen molar-refractivity contribution in [3.8, 4) is 11.6 Å². The summed E-state index contributed by atoms with van der Waals surface area (Å²) in [5.74, 6) is 2.19. The molecule has 2 rings (SSSR count). The Balaban J connectivity index is 2.22. The monoisotopic (exact) mass is 287 g/mol. The summed E-state index contributed by atoms with van der Waals surface area (Å²) in [5, 5.41) is 7.79. The molecule has 0 radical (unpaired) electrons. The molecule has 4 heteroatoms. The van der Waals surface area contributed by atoms with Gasteiger partial charge in [0.25, 0.3) is 0 Å². The predicted molar refractivity (Wildman–Crippen MR) is 85.9 cm³/mol. The number of nitrogens with zero attached hydrogens (tertiary/aromatic N) is 2. The summed E-state index contributed by atoms with van der Waals surface area (Å²) in [7, 11) is 1.92. The summed E-state index contributed by atoms with van der Waals surface area (Å²) in [4.78, 5) is 0. The SMILES string of the molecule is CCNCc1c(C)nn(C)c1Oc1ccc(C(C)C)cc1. The van der Waals surface area contributed by atoms with E-state index in [0.717, 1.165) is 36.0 Å². The third kappa shape index (κ3) is 3.64. The van der Waals surface area contributed by atoms with Crippen molar-refractivity contribution in [3.05, 3.63) is 41.1 Å². The minimum atomic E-state index is 0.530. The maximum Gasteiger partial charge on any atom is 0.222 e. The molecular weight excluding hydrogens is 262 g/mol. The van der Waals surface area contributed by atoms with Crippen LogP contribution in [-0.2, 0) is 13.6 Å². The van der Waals surface area contributed by atoms with Crippen LogP contribution < -0.4 is 10.1 Å². The van der Waals surface area contributed by atoms with Gasteiger partial charge in [0.05, 0.1) is 11.3 Å². The topological polar surface area (TPSA) is 39.1 Å². The van der Waals surface area contributed by atoms with E-state index in [1.165, 1.54) is 5.56 Å². The third-order valence-electron chi connectivity index (χ3n) is 3.60. The Kier molecular flexibility index (Phi) is 5.02. The lowest BCUT2D eigenvalue weighted by Gasteiger charge is -2.11. The number of benzene rings is 1. The molecule has 0 bridgehead atoms. The molecule has 0 saturated heterocycles. The summed E-state index contributed by atoms with van der Waals surface area (Å²) in [6.07, 6.45) is 0. The Bertz CT molecular complexity index is 585. The van der Waals surface area contributed by atoms with Crippen LogP contribution in [0.4, 0.5) is 0 Å². The second kappa shape index (κ2) is 6.76. The number of nitrogens with one attached hydrogen (secondary N) is 1. The summed E-state index contributed by atoms with van der Waals surface area (Å²) < 4.78 is 7.86. The van der Waals surface area contributed by atoms with E-state index in [1.54, 1.807) is 4.68 Å². The Morgan fingerprint density at radius 2 is 1.90 bits per heavy atom. The van der Waals surface area contributed by atoms with Crippen molar-refractivity contribution in [2.75, 3.05) is 6.54 Å². The van der Waals surface area contributed by atoms with Gasteiger partial charge in [-0.3, -0.25) is 0 Å². The summed E-state index contributed by atoms with van der Waals surface area (Å²) >= 11 is 0. The van der Waals surface area contributed by atoms with Gasteiger partial charge in [0.15, 0.2) is 0 Å². The van der Waals surface area contributed by atoms with Crippen LogP contribution >= 0.6 is 0 Å². The zero-order valence-electron chi connectivity index (χ0n) is 13.6. The van der Waals surface area contributed by atoms with E-state index in [9.17, 15) is 0 Å². The number of ether oxygens (including phenoxy) is 1. The van der Waals surface area contributed by atoms with Gasteiger partial charge in [-0.2, -0.15) is 5.10 Å². The summed E-state index contributed by atoms with van der Waals surface area (Å²) in [6, 6.07) is 8.28. The highest BCUT2D eigenvalue weighted by molar-refractivity contribution is 5.37. The van der Waals surface area contributed by atoms with Gasteiger partial charge in [0.1, 0.15) is 5.75 Å². The van der Waals surface area contributed by atoms with Gasteiger partial charge in [-0.15, -0.1) is 0 Å². The lowest BCUT2D eigenvalue weighted by Crippen LogP contribution is -2.12. The smallest absolute Gasteiger partial charge is 0.222 e. The van der Waals surface area contributed by atoms with Crippen LogP contribution in [0.5, 0.6) is 11.6 Å². The maximum absolute atomic E-state index is 6.05. The van der Waals surface area contributed by atoms with E-state index < -0.39 is 0 Å². The average Bonchev–Trinajstić information content (AvgIpc) is 2.71. The molecule has 2 aromatic rings. The molecule has 0 spiro atoms. The van der Waals surface area contributed by atoms with E-state index in [4.69, 9.17) is 4.74 Å².